The van der Waals surface area contributed by atoms with Gasteiger partial charge in [0, 0.05) is 0 Å². The Kier molecular flexibility index (Phi) is 3.07. The van der Waals surface area contributed by atoms with Gasteiger partial charge in [0.1, 0.15) is 11.3 Å². The lowest BCUT2D eigenvalue weighted by atomic mass is 9.93. The van der Waals surface area contributed by atoms with Crippen LogP contribution in [0.4, 0.5) is 0 Å². The Morgan fingerprint density at radius 3 is 2.59 bits per heavy atom. The summed E-state index contributed by atoms with van der Waals surface area (Å²) in [5.41, 5.74) is 5.95. The van der Waals surface area contributed by atoms with Gasteiger partial charge in [-0.2, -0.15) is 0 Å². The smallest absolute Gasteiger partial charge is 0.323 e. The predicted molar refractivity (Wildman–Crippen MR) is 64.1 cm³/mol. The van der Waals surface area contributed by atoms with E-state index < -0.39 is 11.5 Å². The number of hydrogen-bond acceptors (Lipinski definition) is 3. The first-order valence-corrected chi connectivity index (χ1v) is 5.71. The molecule has 1 aromatic rings. The van der Waals surface area contributed by atoms with Crippen LogP contribution in [0.2, 0.25) is 0 Å². The number of carbonyl (C=O) groups is 1. The summed E-state index contributed by atoms with van der Waals surface area (Å²) < 4.78 is 5.09. The molecule has 1 aliphatic rings. The average Bonchev–Trinajstić information content (AvgIpc) is 2.74. The first-order valence-electron chi connectivity index (χ1n) is 5.71. The van der Waals surface area contributed by atoms with Crippen molar-refractivity contribution in [2.24, 2.45) is 5.73 Å². The van der Waals surface area contributed by atoms with Crippen LogP contribution in [0, 0.1) is 0 Å². The van der Waals surface area contributed by atoms with E-state index in [1.165, 1.54) is 0 Å². The molecule has 0 aliphatic heterocycles. The van der Waals surface area contributed by atoms with Gasteiger partial charge < -0.3 is 15.6 Å². The second-order valence-electron chi connectivity index (χ2n) is 4.67. The van der Waals surface area contributed by atoms with Crippen LogP contribution in [0.15, 0.2) is 24.3 Å². The van der Waals surface area contributed by atoms with Crippen molar-refractivity contribution < 1.29 is 14.6 Å². The molecule has 1 aliphatic carbocycles. The fourth-order valence-electron chi connectivity index (χ4n) is 2.43. The minimum absolute atomic E-state index is 0.238. The average molecular weight is 235 g/mol. The Labute approximate surface area is 100 Å². The summed E-state index contributed by atoms with van der Waals surface area (Å²) in [5, 5.41) is 9.07. The molecule has 2 atom stereocenters. The Bertz CT molecular complexity index is 415. The largest absolute Gasteiger partial charge is 0.497 e. The number of carboxylic acids is 1. The fourth-order valence-corrected chi connectivity index (χ4v) is 2.43. The van der Waals surface area contributed by atoms with Crippen LogP contribution in [0.5, 0.6) is 5.75 Å². The van der Waals surface area contributed by atoms with Gasteiger partial charge in [0.25, 0.3) is 0 Å². The minimum atomic E-state index is -1.05. The number of ether oxygens (including phenoxy) is 1. The third-order valence-electron chi connectivity index (χ3n) is 3.56. The van der Waals surface area contributed by atoms with Crippen LogP contribution >= 0.6 is 0 Å². The highest BCUT2D eigenvalue weighted by Gasteiger charge is 2.42. The molecule has 1 saturated carbocycles. The van der Waals surface area contributed by atoms with E-state index in [4.69, 9.17) is 15.6 Å². The van der Waals surface area contributed by atoms with E-state index in [2.05, 4.69) is 0 Å². The highest BCUT2D eigenvalue weighted by Crippen LogP contribution is 2.40. The van der Waals surface area contributed by atoms with Gasteiger partial charge in [0.15, 0.2) is 0 Å². The summed E-state index contributed by atoms with van der Waals surface area (Å²) in [7, 11) is 1.62. The maximum Gasteiger partial charge on any atom is 0.323 e. The van der Waals surface area contributed by atoms with Crippen LogP contribution in [0.3, 0.4) is 0 Å². The second-order valence-corrected chi connectivity index (χ2v) is 4.67. The molecule has 17 heavy (non-hydrogen) atoms. The van der Waals surface area contributed by atoms with Crippen LogP contribution in [-0.2, 0) is 4.79 Å². The van der Waals surface area contributed by atoms with Crippen LogP contribution < -0.4 is 10.5 Å². The molecule has 0 amide bonds. The van der Waals surface area contributed by atoms with Crippen LogP contribution in [0.1, 0.15) is 30.7 Å². The molecule has 0 unspecified atom stereocenters. The van der Waals surface area contributed by atoms with Crippen molar-refractivity contribution >= 4 is 5.97 Å². The van der Waals surface area contributed by atoms with E-state index in [1.54, 1.807) is 7.11 Å². The number of hydrogen-bond donors (Lipinski definition) is 2. The zero-order valence-electron chi connectivity index (χ0n) is 9.85. The molecule has 0 bridgehead atoms. The monoisotopic (exact) mass is 235 g/mol. The molecule has 0 spiro atoms. The van der Waals surface area contributed by atoms with Gasteiger partial charge in [-0.3, -0.25) is 4.79 Å². The number of aliphatic carboxylic acids is 1. The Hall–Kier alpha value is -1.55. The highest BCUT2D eigenvalue weighted by atomic mass is 16.5. The van der Waals surface area contributed by atoms with E-state index in [0.717, 1.165) is 17.7 Å². The van der Waals surface area contributed by atoms with Crippen molar-refractivity contribution in [1.29, 1.82) is 0 Å². The lowest BCUT2D eigenvalue weighted by molar-refractivity contribution is -0.143. The highest BCUT2D eigenvalue weighted by molar-refractivity contribution is 5.79. The molecule has 0 heterocycles. The summed E-state index contributed by atoms with van der Waals surface area (Å²) in [6, 6.07) is 7.76. The Balaban J connectivity index is 2.12. The molecular weight excluding hydrogens is 218 g/mol. The molecular formula is C13H17NO3. The molecule has 3 N–H and O–H groups in total. The zero-order chi connectivity index (χ0) is 12.5. The summed E-state index contributed by atoms with van der Waals surface area (Å²) in [5.74, 6) is 0.152. The molecule has 2 rings (SSSR count). The Morgan fingerprint density at radius 2 is 2.12 bits per heavy atom. The summed E-state index contributed by atoms with van der Waals surface area (Å²) in [4.78, 5) is 11.1. The van der Waals surface area contributed by atoms with Crippen molar-refractivity contribution in [2.45, 2.75) is 30.7 Å². The van der Waals surface area contributed by atoms with Gasteiger partial charge in [-0.15, -0.1) is 0 Å². The standard InChI is InChI=1S/C13H17NO3/c1-17-11-4-2-9(3-5-11)10-6-7-13(14,8-10)12(15)16/h2-5,10H,6-8,14H2,1H3,(H,15,16)/t10-,13-/m0/s1. The lowest BCUT2D eigenvalue weighted by Gasteiger charge is -2.18. The normalized spacial score (nSPS) is 28.0. The van der Waals surface area contributed by atoms with E-state index in [1.807, 2.05) is 24.3 Å². The number of carboxylic acid groups (broad SMARTS) is 1. The van der Waals surface area contributed by atoms with Crippen molar-refractivity contribution in [2.75, 3.05) is 7.11 Å². The fraction of sp³-hybridized carbons (Fsp3) is 0.462. The van der Waals surface area contributed by atoms with E-state index in [0.29, 0.717) is 12.8 Å². The van der Waals surface area contributed by atoms with Crippen molar-refractivity contribution in [1.82, 2.24) is 0 Å². The molecule has 1 aromatic carbocycles. The molecule has 1 fully saturated rings. The topological polar surface area (TPSA) is 72.5 Å². The quantitative estimate of drug-likeness (QED) is 0.837. The van der Waals surface area contributed by atoms with E-state index in [-0.39, 0.29) is 5.92 Å². The van der Waals surface area contributed by atoms with E-state index >= 15 is 0 Å². The molecule has 0 saturated heterocycles. The second kappa shape index (κ2) is 4.37. The minimum Gasteiger partial charge on any atom is -0.497 e. The molecule has 92 valence electrons. The van der Waals surface area contributed by atoms with Crippen molar-refractivity contribution in [3.05, 3.63) is 29.8 Å². The first kappa shape index (κ1) is 11.9. The summed E-state index contributed by atoms with van der Waals surface area (Å²) >= 11 is 0. The number of benzene rings is 1. The maximum absolute atomic E-state index is 11.1. The summed E-state index contributed by atoms with van der Waals surface area (Å²) in [6.45, 7) is 0. The predicted octanol–water partition coefficient (Wildman–Crippen LogP) is 1.74. The van der Waals surface area contributed by atoms with Crippen LogP contribution in [0.25, 0.3) is 0 Å². The van der Waals surface area contributed by atoms with Crippen LogP contribution in [-0.4, -0.2) is 23.7 Å². The third kappa shape index (κ3) is 2.26. The van der Waals surface area contributed by atoms with Gasteiger partial charge in [-0.1, -0.05) is 12.1 Å². The van der Waals surface area contributed by atoms with Gasteiger partial charge in [0.2, 0.25) is 0 Å². The molecule has 0 radical (unpaired) electrons. The lowest BCUT2D eigenvalue weighted by Crippen LogP contribution is -2.45. The van der Waals surface area contributed by atoms with E-state index in [9.17, 15) is 4.79 Å². The number of methoxy groups -OCH3 is 1. The molecule has 4 heteroatoms. The SMILES string of the molecule is COc1ccc([C@H]2CC[C@@](N)(C(=O)O)C2)cc1. The number of nitrogens with two attached hydrogens (primary N) is 1. The molecule has 4 nitrogen and oxygen atoms in total. The zero-order valence-corrected chi connectivity index (χ0v) is 9.85. The van der Waals surface area contributed by atoms with Crippen molar-refractivity contribution in [3.63, 3.8) is 0 Å². The van der Waals surface area contributed by atoms with Gasteiger partial charge in [0.05, 0.1) is 7.11 Å². The molecule has 0 aromatic heterocycles. The van der Waals surface area contributed by atoms with Gasteiger partial charge >= 0.3 is 5.97 Å². The number of rotatable bonds is 3. The van der Waals surface area contributed by atoms with Gasteiger partial charge in [-0.05, 0) is 42.9 Å². The maximum atomic E-state index is 11.1. The summed E-state index contributed by atoms with van der Waals surface area (Å²) in [6.07, 6.45) is 1.88. The first-order chi connectivity index (χ1) is 8.05. The van der Waals surface area contributed by atoms with Crippen molar-refractivity contribution in [3.8, 4) is 5.75 Å². The Morgan fingerprint density at radius 1 is 1.47 bits per heavy atom. The third-order valence-corrected chi connectivity index (χ3v) is 3.56. The van der Waals surface area contributed by atoms with Gasteiger partial charge in [-0.25, -0.2) is 0 Å².